The molecule has 38 heteroatoms. The molecule has 0 saturated carbocycles. The number of aryl methyl sites for hydroxylation is 3. The van der Waals surface area contributed by atoms with E-state index in [2.05, 4.69) is 46.2 Å². The average Bonchev–Trinajstić information content (AvgIpc) is 0.705. The van der Waals surface area contributed by atoms with E-state index in [4.69, 9.17) is 4.74 Å². The van der Waals surface area contributed by atoms with Gasteiger partial charge in [-0.2, -0.15) is 14.0 Å². The summed E-state index contributed by atoms with van der Waals surface area (Å²) in [6, 6.07) is 12.9. The highest BCUT2D eigenvalue weighted by Gasteiger charge is 2.51. The van der Waals surface area contributed by atoms with Crippen LogP contribution < -0.4 is 46.5 Å². The third-order valence-corrected chi connectivity index (χ3v) is 27.0. The van der Waals surface area contributed by atoms with Crippen LogP contribution in [0.4, 0.5) is 82.4 Å². The number of ether oxygens (including phenoxy) is 1. The Morgan fingerprint density at radius 3 is 1.13 bits per heavy atom. The number of aromatic nitrogens is 6. The topological polar surface area (TPSA) is 305 Å². The van der Waals surface area contributed by atoms with E-state index in [1.165, 1.54) is 52.3 Å². The molecule has 732 valence electrons. The van der Waals surface area contributed by atoms with E-state index in [0.29, 0.717) is 38.7 Å². The van der Waals surface area contributed by atoms with Crippen LogP contribution >= 0.6 is 0 Å². The first-order chi connectivity index (χ1) is 67.0. The summed E-state index contributed by atoms with van der Waals surface area (Å²) in [5.74, 6) is -15.6. The van der Waals surface area contributed by atoms with Crippen LogP contribution in [0.5, 0.6) is 17.2 Å². The normalized spacial score (nSPS) is 18.0. The zero-order valence-electron chi connectivity index (χ0n) is 78.7. The van der Waals surface area contributed by atoms with Crippen LogP contribution in [0.2, 0.25) is 0 Å². The van der Waals surface area contributed by atoms with Gasteiger partial charge in [0, 0.05) is 98.7 Å². The third-order valence-electron chi connectivity index (χ3n) is 27.0. The Balaban J connectivity index is 0.000000152. The zero-order chi connectivity index (χ0) is 102. The zero-order valence-corrected chi connectivity index (χ0v) is 78.7. The first kappa shape index (κ1) is 98.5. The van der Waals surface area contributed by atoms with E-state index >= 15 is 39.5 Å². The number of hydrogen-bond donors (Lipinski definition) is 4. The Morgan fingerprint density at radius 2 is 0.787 bits per heavy atom. The molecule has 18 rings (SSSR count). The van der Waals surface area contributed by atoms with E-state index in [9.17, 15) is 62.9 Å². The molecule has 3 saturated heterocycles. The maximum Gasteiger partial charge on any atom is 0.330 e. The number of benzene rings is 6. The molecular formula is C103H97F11N16O11. The molecule has 3 fully saturated rings. The molecule has 6 aromatic carbocycles. The third kappa shape index (κ3) is 16.3. The largest absolute Gasteiger partial charge is 0.507 e. The number of phenols is 3. The average molecular weight is 1940 g/mol. The van der Waals surface area contributed by atoms with Gasteiger partial charge in [-0.25, -0.2) is 44.3 Å². The summed E-state index contributed by atoms with van der Waals surface area (Å²) in [6.45, 7) is 29.0. The fourth-order valence-electron chi connectivity index (χ4n) is 20.6. The number of carbonyl (C=O) groups is 4. The van der Waals surface area contributed by atoms with Crippen molar-refractivity contribution in [1.29, 1.82) is 5.26 Å². The van der Waals surface area contributed by atoms with Gasteiger partial charge in [0.15, 0.2) is 23.6 Å². The molecule has 12 aromatic rings. The number of hydrogen-bond acceptors (Lipinski definition) is 21. The van der Waals surface area contributed by atoms with Gasteiger partial charge in [-0.1, -0.05) is 79.5 Å². The number of methoxy groups -OCH3 is 1. The Bertz CT molecular complexity index is 7470. The van der Waals surface area contributed by atoms with E-state index in [1.54, 1.807) is 93.8 Å². The Hall–Kier alpha value is -15.6. The van der Waals surface area contributed by atoms with Crippen molar-refractivity contribution in [2.24, 2.45) is 0 Å². The quantitative estimate of drug-likeness (QED) is 0.0258. The van der Waals surface area contributed by atoms with Crippen molar-refractivity contribution < 1.29 is 87.5 Å². The molecule has 4 N–H and O–H groups in total. The smallest absolute Gasteiger partial charge is 0.330 e. The van der Waals surface area contributed by atoms with Crippen molar-refractivity contribution in [3.05, 3.63) is 265 Å². The lowest BCUT2D eigenvalue weighted by Crippen LogP contribution is -2.67. The number of aromatic hydroxyl groups is 3. The molecule has 27 nitrogen and oxygen atoms in total. The van der Waals surface area contributed by atoms with E-state index in [1.807, 2.05) is 39.5 Å². The Labute approximate surface area is 800 Å². The number of nitrogens with zero attached hydrogens (tertiary/aromatic N) is 15. The standard InChI is InChI=1S/C35H34F3N5O5.C34H32F5N5O3.C34H31F3N6O3/c1-7-24(45)41-15-22-29(35(47)48-6)40-30-33(42(22)14-18(41)5)19-13-21(37)26(25-20(36)9-8-10-23(25)44)27(38)32(19)43(34(30)46)31-17(4)11-12-39-28(31)16(2)3;1-6-24(46)41-14-19-15-43(34(38)39)32-31(42(19)13-18(41)5)20-12-22(36)26(25-21(35)8-7-9-23(25)45)27(37)30(20)44(33(32)47)29-17(4)10-11-40-28(29)16(2)3;1-6-25(45)41-15-20-14-40(16-38)33-32(42(20)13-19(41)5)21-12-23(36)27(26-22(35)8-7-9-24(26)44)28(37)31(21)43(34(33)46)30-18(4)10-11-39-29(30)17(2)3/h7-13,16,18,22,29,40,44H,1,14-15H2,2-6H3;6-12,16,18-19,34,45H,1,13-15H2,2-5H3;6-12,17,19-20,44H,1,13-15H2,2-5H3. The first-order valence-electron chi connectivity index (χ1n) is 45.3. The van der Waals surface area contributed by atoms with Crippen molar-refractivity contribution in [3.63, 3.8) is 0 Å². The van der Waals surface area contributed by atoms with E-state index in [-0.39, 0.29) is 161 Å². The molecule has 0 radical (unpaired) electrons. The molecule has 0 bridgehead atoms. The van der Waals surface area contributed by atoms with Gasteiger partial charge in [0.1, 0.15) is 75.3 Å². The number of piperazine rings is 3. The SMILES string of the molecule is C=CC(=O)N1CC2C(C(=O)OC)Nc3c(c4cc(F)c(-c5c(O)cccc5F)c(F)c4n(-c4c(C)ccnc4C(C)C)c3=O)N2CC1C.C=CC(=O)N1CC2CN(C#N)c3c(c4cc(F)c(-c5c(O)cccc5F)c(F)c4n(-c4c(C)ccnc4C(C)C)c3=O)N2CC1C.C=CC(=O)N1CC2CN(C(F)F)c3c(c4cc(F)c(-c5c(O)cccc5F)c(F)c4n(-c4c(C)ccnc4C(C)C)c3=O)N2CC1C. The molecule has 6 aromatic heterocycles. The van der Waals surface area contributed by atoms with Crippen molar-refractivity contribution in [1.82, 2.24) is 43.4 Å². The predicted octanol–water partition coefficient (Wildman–Crippen LogP) is 16.9. The molecule has 0 aliphatic carbocycles. The molecule has 6 aliphatic rings. The van der Waals surface area contributed by atoms with Crippen molar-refractivity contribution in [2.75, 3.05) is 89.3 Å². The van der Waals surface area contributed by atoms with E-state index in [0.717, 1.165) is 80.5 Å². The van der Waals surface area contributed by atoms with Gasteiger partial charge in [-0.3, -0.25) is 62.3 Å². The molecule has 0 spiro atoms. The van der Waals surface area contributed by atoms with Crippen LogP contribution in [0.25, 0.3) is 83.2 Å². The minimum absolute atomic E-state index is 0.00579. The van der Waals surface area contributed by atoms with Crippen LogP contribution in [0.1, 0.15) is 114 Å². The number of esters is 1. The molecule has 7 unspecified atom stereocenters. The predicted molar refractivity (Wildman–Crippen MR) is 513 cm³/mol. The molecule has 6 aliphatic heterocycles. The fraction of sp³-hybridized carbons (Fsp3) is 0.311. The Morgan fingerprint density at radius 1 is 0.447 bits per heavy atom. The van der Waals surface area contributed by atoms with Crippen LogP contribution in [-0.4, -0.2) is 191 Å². The first-order valence-corrected chi connectivity index (χ1v) is 45.3. The molecular weight excluding hydrogens is 1850 g/mol. The number of amides is 3. The van der Waals surface area contributed by atoms with Gasteiger partial charge in [0.2, 0.25) is 17.7 Å². The van der Waals surface area contributed by atoms with Crippen LogP contribution in [0, 0.1) is 84.6 Å². The van der Waals surface area contributed by atoms with Gasteiger partial charge < -0.3 is 59.7 Å². The van der Waals surface area contributed by atoms with Gasteiger partial charge in [0.05, 0.1) is 133 Å². The monoisotopic (exact) mass is 1940 g/mol. The number of alkyl halides is 2. The maximum atomic E-state index is 17.2. The molecule has 141 heavy (non-hydrogen) atoms. The van der Waals surface area contributed by atoms with Crippen LogP contribution in [0.3, 0.4) is 0 Å². The number of rotatable bonds is 14. The summed E-state index contributed by atoms with van der Waals surface area (Å²) in [5.41, 5.74) is -5.82. The minimum atomic E-state index is -3.19. The fourth-order valence-corrected chi connectivity index (χ4v) is 20.6. The lowest BCUT2D eigenvalue weighted by Gasteiger charge is -2.51. The number of anilines is 6. The van der Waals surface area contributed by atoms with Crippen LogP contribution in [0.15, 0.2) is 162 Å². The highest BCUT2D eigenvalue weighted by molar-refractivity contribution is 6.08. The van der Waals surface area contributed by atoms with E-state index < -0.39 is 186 Å². The van der Waals surface area contributed by atoms with Crippen molar-refractivity contribution in [2.45, 2.75) is 150 Å². The van der Waals surface area contributed by atoms with Gasteiger partial charge in [-0.15, -0.1) is 0 Å². The molecule has 12 heterocycles. The maximum absolute atomic E-state index is 17.2. The van der Waals surface area contributed by atoms with Crippen LogP contribution in [-0.2, 0) is 23.9 Å². The number of nitriles is 1. The summed E-state index contributed by atoms with van der Waals surface area (Å²) in [4.78, 5) is 121. The number of carbonyl (C=O) groups excluding carboxylic acids is 4. The summed E-state index contributed by atoms with van der Waals surface area (Å²) in [6.07, 6.45) is 10.2. The lowest BCUT2D eigenvalue weighted by molar-refractivity contribution is -0.143. The van der Waals surface area contributed by atoms with Crippen molar-refractivity contribution >= 4 is 90.5 Å². The van der Waals surface area contributed by atoms with Gasteiger partial charge in [-0.05, 0) is 167 Å². The summed E-state index contributed by atoms with van der Waals surface area (Å²) >= 11 is 0. The van der Waals surface area contributed by atoms with Gasteiger partial charge >= 0.3 is 12.5 Å². The highest BCUT2D eigenvalue weighted by Crippen LogP contribution is 2.53. The summed E-state index contributed by atoms with van der Waals surface area (Å²) in [7, 11) is 1.19. The number of halogens is 11. The Kier molecular flexibility index (Phi) is 26.5. The molecule has 7 atom stereocenters. The van der Waals surface area contributed by atoms with Gasteiger partial charge in [0.25, 0.3) is 16.7 Å². The van der Waals surface area contributed by atoms with Crippen molar-refractivity contribution in [3.8, 4) is 73.9 Å². The number of pyridine rings is 6. The number of fused-ring (bicyclic) bond motifs is 15. The number of nitrogens with one attached hydrogen (secondary N) is 1. The summed E-state index contributed by atoms with van der Waals surface area (Å²) in [5, 5.41) is 44.7. The lowest BCUT2D eigenvalue weighted by atomic mass is 9.92. The second kappa shape index (κ2) is 38.0. The number of phenolic OH excluding ortho intramolecular Hbond substituents is 3. The second-order valence-electron chi connectivity index (χ2n) is 36.6. The summed E-state index contributed by atoms with van der Waals surface area (Å²) < 4.78 is 184. The molecule has 3 amide bonds. The minimum Gasteiger partial charge on any atom is -0.507 e. The highest BCUT2D eigenvalue weighted by atomic mass is 19.3. The second-order valence-corrected chi connectivity index (χ2v) is 36.6.